The van der Waals surface area contributed by atoms with Crippen LogP contribution in [0.3, 0.4) is 0 Å². The third-order valence-electron chi connectivity index (χ3n) is 5.36. The predicted molar refractivity (Wildman–Crippen MR) is 149 cm³/mol. The normalized spacial score (nSPS) is 12.3. The van der Waals surface area contributed by atoms with Crippen LogP contribution >= 0.6 is 6.89 Å². The highest BCUT2D eigenvalue weighted by Gasteiger charge is 2.30. The van der Waals surface area contributed by atoms with Crippen molar-refractivity contribution in [1.29, 1.82) is 0 Å². The van der Waals surface area contributed by atoms with Gasteiger partial charge in [-0.3, -0.25) is 0 Å². The number of rotatable bonds is 7. The summed E-state index contributed by atoms with van der Waals surface area (Å²) in [6.07, 6.45) is 0. The first-order valence-corrected chi connectivity index (χ1v) is 14.8. The maximum absolute atomic E-state index is 9.75. The zero-order valence-electron chi connectivity index (χ0n) is 19.5. The van der Waals surface area contributed by atoms with Crippen LogP contribution in [0.2, 0.25) is 0 Å². The average molecular weight is 514 g/mol. The molecule has 0 aliphatic heterocycles. The molecule has 4 aromatic carbocycles. The van der Waals surface area contributed by atoms with Gasteiger partial charge in [-0.05, 0) is 22.8 Å². The van der Waals surface area contributed by atoms with E-state index in [2.05, 4.69) is 133 Å². The van der Waals surface area contributed by atoms with E-state index in [1.54, 1.807) is 0 Å². The van der Waals surface area contributed by atoms with Crippen molar-refractivity contribution in [3.05, 3.63) is 127 Å². The van der Waals surface area contributed by atoms with Crippen LogP contribution in [0.1, 0.15) is 12.5 Å². The second kappa shape index (κ2) is 12.9. The fraction of sp³-hybridized carbons (Fsp3) is 0.107. The monoisotopic (exact) mass is 514 g/mol. The van der Waals surface area contributed by atoms with Crippen LogP contribution in [0.4, 0.5) is 17.3 Å². The topological polar surface area (TPSA) is 0 Å². The standard InChI is InChI=1S/C28H28PS.BF4/c1-2-30(23-25-15-7-3-8-16-25)24-29(26-17-9-4-10-18-26,27-19-11-5-12-20-27)28-21-13-6-14-22-28;2-1(3,4)5/h3-22,24H,2,23H2,1H3;/q+1;-1. The number of hydrogen-bond acceptors (Lipinski definition) is 0. The first-order chi connectivity index (χ1) is 16.8. The fourth-order valence-corrected chi connectivity index (χ4v) is 11.6. The van der Waals surface area contributed by atoms with E-state index < -0.39 is 14.1 Å². The molecule has 0 aromatic heterocycles. The maximum Gasteiger partial charge on any atom is 0.673 e. The number of hydrogen-bond donors (Lipinski definition) is 0. The smallest absolute Gasteiger partial charge is 0.418 e. The lowest BCUT2D eigenvalue weighted by Crippen LogP contribution is -2.29. The molecule has 0 saturated carbocycles. The molecule has 0 aliphatic rings. The molecule has 4 aromatic rings. The van der Waals surface area contributed by atoms with Crippen molar-refractivity contribution in [2.24, 2.45) is 0 Å². The Bertz CT molecular complexity index is 1090. The summed E-state index contributed by atoms with van der Waals surface area (Å²) >= 11 is 0. The molecule has 0 radical (unpaired) electrons. The molecule has 4 rings (SSSR count). The summed E-state index contributed by atoms with van der Waals surface area (Å²) in [6.45, 7) is 0.456. The third kappa shape index (κ3) is 7.91. The lowest BCUT2D eigenvalue weighted by molar-refractivity contribution is 0.368. The van der Waals surface area contributed by atoms with Gasteiger partial charge in [0.25, 0.3) is 0 Å². The van der Waals surface area contributed by atoms with Gasteiger partial charge in [0.2, 0.25) is 0 Å². The van der Waals surface area contributed by atoms with E-state index in [1.807, 2.05) is 0 Å². The number of halogens is 4. The van der Waals surface area contributed by atoms with E-state index >= 15 is 0 Å². The zero-order valence-corrected chi connectivity index (χ0v) is 21.2. The molecule has 0 heterocycles. The van der Waals surface area contributed by atoms with Gasteiger partial charge in [-0.2, -0.15) is 0 Å². The molecule has 0 N–H and O–H groups in total. The van der Waals surface area contributed by atoms with Gasteiger partial charge in [-0.1, -0.05) is 121 Å². The lowest BCUT2D eigenvalue weighted by Gasteiger charge is -2.27. The average Bonchev–Trinajstić information content (AvgIpc) is 2.88. The number of benzene rings is 4. The minimum absolute atomic E-state index is 0.171. The Morgan fingerprint density at radius 1 is 0.600 bits per heavy atom. The highest BCUT2D eigenvalue weighted by Crippen LogP contribution is 2.44. The second-order valence-corrected chi connectivity index (χ2v) is 13.6. The van der Waals surface area contributed by atoms with Gasteiger partial charge in [0.1, 0.15) is 16.6 Å². The molecule has 0 saturated heterocycles. The van der Waals surface area contributed by atoms with E-state index in [1.165, 1.54) is 21.5 Å². The largest absolute Gasteiger partial charge is 0.673 e. The van der Waals surface area contributed by atoms with E-state index in [4.69, 9.17) is 0 Å². The molecule has 182 valence electrons. The first-order valence-electron chi connectivity index (χ1n) is 11.3. The second-order valence-electron chi connectivity index (χ2n) is 7.79. The fourth-order valence-electron chi connectivity index (χ4n) is 3.84. The van der Waals surface area contributed by atoms with Gasteiger partial charge >= 0.3 is 7.25 Å². The molecule has 0 amide bonds. The predicted octanol–water partition coefficient (Wildman–Crippen LogP) is 6.88. The van der Waals surface area contributed by atoms with Gasteiger partial charge in [-0.25, -0.2) is 0 Å². The highest BCUT2D eigenvalue weighted by molar-refractivity contribution is 8.20. The molecule has 0 fully saturated rings. The minimum atomic E-state index is -6.00. The van der Waals surface area contributed by atoms with Crippen LogP contribution in [0.15, 0.2) is 121 Å². The van der Waals surface area contributed by atoms with E-state index in [-0.39, 0.29) is 10.9 Å². The van der Waals surface area contributed by atoms with Crippen LogP contribution in [0.5, 0.6) is 0 Å². The molecular formula is C28H28BF4PS. The molecule has 0 spiro atoms. The van der Waals surface area contributed by atoms with Gasteiger partial charge in [0, 0.05) is 23.3 Å². The maximum atomic E-state index is 9.75. The molecule has 1 unspecified atom stereocenters. The van der Waals surface area contributed by atoms with Gasteiger partial charge in [-0.15, -0.1) is 0 Å². The van der Waals surface area contributed by atoms with Crippen molar-refractivity contribution in [3.63, 3.8) is 0 Å². The first kappa shape index (κ1) is 26.9. The zero-order chi connectivity index (χ0) is 25.2. The van der Waals surface area contributed by atoms with Crippen LogP contribution in [0.25, 0.3) is 0 Å². The Kier molecular flexibility index (Phi) is 9.88. The highest BCUT2D eigenvalue weighted by atomic mass is 32.2. The van der Waals surface area contributed by atoms with Gasteiger partial charge in [0.15, 0.2) is 0 Å². The lowest BCUT2D eigenvalue weighted by atomic mass is 10.2. The summed E-state index contributed by atoms with van der Waals surface area (Å²) < 4.78 is 39.0. The molecule has 35 heavy (non-hydrogen) atoms. The van der Waals surface area contributed by atoms with E-state index in [0.29, 0.717) is 0 Å². The summed E-state index contributed by atoms with van der Waals surface area (Å²) in [5.74, 6) is 2.26. The van der Waals surface area contributed by atoms with Crippen LogP contribution in [-0.2, 0) is 16.6 Å². The Hall–Kier alpha value is -2.69. The summed E-state index contributed by atoms with van der Waals surface area (Å²) in [4.78, 5) is 0. The van der Waals surface area contributed by atoms with Crippen molar-refractivity contribution < 1.29 is 17.3 Å². The SMILES string of the molecule is CC[S+](C=P(c1ccccc1)(c1ccccc1)c1ccccc1)Cc1ccccc1.F[B-](F)(F)F. The molecule has 1 atom stereocenters. The van der Waals surface area contributed by atoms with Gasteiger partial charge in [0.05, 0.1) is 0 Å². The quantitative estimate of drug-likeness (QED) is 0.109. The van der Waals surface area contributed by atoms with Crippen LogP contribution in [-0.4, -0.2) is 18.1 Å². The minimum Gasteiger partial charge on any atom is -0.418 e. The Balaban J connectivity index is 0.000000623. The van der Waals surface area contributed by atoms with Gasteiger partial charge < -0.3 is 17.3 Å². The van der Waals surface area contributed by atoms with Crippen molar-refractivity contribution in [1.82, 2.24) is 0 Å². The summed E-state index contributed by atoms with van der Waals surface area (Å²) in [5, 5.41) is 7.03. The molecule has 7 heteroatoms. The molecular weight excluding hydrogens is 486 g/mol. The third-order valence-corrected chi connectivity index (χ3v) is 12.6. The van der Waals surface area contributed by atoms with Crippen molar-refractivity contribution >= 4 is 46.1 Å². The Morgan fingerprint density at radius 3 is 1.23 bits per heavy atom. The Labute approximate surface area is 208 Å². The molecule has 0 aliphatic carbocycles. The molecule has 0 nitrogen and oxygen atoms in total. The van der Waals surface area contributed by atoms with Crippen LogP contribution in [0, 0.1) is 0 Å². The Morgan fingerprint density at radius 2 is 0.914 bits per heavy atom. The molecule has 0 bridgehead atoms. The van der Waals surface area contributed by atoms with Crippen molar-refractivity contribution in [2.75, 3.05) is 5.75 Å². The van der Waals surface area contributed by atoms with E-state index in [9.17, 15) is 17.3 Å². The van der Waals surface area contributed by atoms with Crippen molar-refractivity contribution in [3.8, 4) is 0 Å². The van der Waals surface area contributed by atoms with Crippen LogP contribution < -0.4 is 15.9 Å². The summed E-state index contributed by atoms with van der Waals surface area (Å²) in [5.41, 5.74) is 1.42. The summed E-state index contributed by atoms with van der Waals surface area (Å²) in [7, 11) is -5.83. The van der Waals surface area contributed by atoms with Crippen molar-refractivity contribution in [2.45, 2.75) is 12.7 Å². The van der Waals surface area contributed by atoms with E-state index in [0.717, 1.165) is 11.5 Å². The summed E-state index contributed by atoms with van der Waals surface area (Å²) in [6, 6.07) is 44.4.